The maximum absolute atomic E-state index is 11.4. The lowest BCUT2D eigenvalue weighted by atomic mass is 10.2. The third kappa shape index (κ3) is 3.91. The maximum Gasteiger partial charge on any atom is 0.376 e. The Kier molecular flexibility index (Phi) is 4.82. The molecule has 0 saturated heterocycles. The summed E-state index contributed by atoms with van der Waals surface area (Å²) >= 11 is 0. The fraction of sp³-hybridized carbons (Fsp3) is 0. The van der Waals surface area contributed by atoms with Gasteiger partial charge in [-0.25, -0.2) is 9.59 Å². The average Bonchev–Trinajstić information content (AvgIpc) is 2.53. The van der Waals surface area contributed by atoms with Gasteiger partial charge in [0.05, 0.1) is 11.1 Å². The Labute approximate surface area is 114 Å². The molecule has 6 heteroatoms. The van der Waals surface area contributed by atoms with Crippen molar-refractivity contribution in [3.63, 3.8) is 0 Å². The molecular weight excluding hydrogens is 264 g/mol. The van der Waals surface area contributed by atoms with E-state index in [1.165, 1.54) is 24.3 Å². The Morgan fingerprint density at radius 2 is 0.950 bits per heavy atom. The molecule has 0 amide bonds. The SMILES string of the molecule is O=C(OOOOC(=O)c1ccccc1)c1ccccc1. The molecule has 0 aromatic heterocycles. The van der Waals surface area contributed by atoms with Gasteiger partial charge in [0.15, 0.2) is 0 Å². The summed E-state index contributed by atoms with van der Waals surface area (Å²) in [6.07, 6.45) is 0. The monoisotopic (exact) mass is 274 g/mol. The van der Waals surface area contributed by atoms with Crippen LogP contribution in [-0.2, 0) is 19.9 Å². The molecule has 0 aliphatic heterocycles. The molecule has 0 aliphatic carbocycles. The summed E-state index contributed by atoms with van der Waals surface area (Å²) in [5.41, 5.74) is 0.538. The third-order valence-corrected chi connectivity index (χ3v) is 2.27. The van der Waals surface area contributed by atoms with E-state index in [0.717, 1.165) is 0 Å². The zero-order valence-corrected chi connectivity index (χ0v) is 10.2. The zero-order chi connectivity index (χ0) is 14.2. The van der Waals surface area contributed by atoms with Crippen LogP contribution in [0, 0.1) is 0 Å². The van der Waals surface area contributed by atoms with Crippen molar-refractivity contribution >= 4 is 11.9 Å². The standard InChI is InChI=1S/C14H10O6/c15-13(11-7-3-1-4-8-11)17-19-20-18-14(16)12-9-5-2-6-10-12/h1-10H. The quantitative estimate of drug-likeness (QED) is 0.474. The third-order valence-electron chi connectivity index (χ3n) is 2.27. The van der Waals surface area contributed by atoms with Gasteiger partial charge >= 0.3 is 11.9 Å². The number of benzene rings is 2. The Morgan fingerprint density at radius 3 is 1.30 bits per heavy atom. The smallest absolute Gasteiger partial charge is 0.260 e. The van der Waals surface area contributed by atoms with Gasteiger partial charge in [-0.05, 0) is 24.3 Å². The fourth-order valence-corrected chi connectivity index (χ4v) is 1.33. The molecule has 0 aliphatic rings. The minimum absolute atomic E-state index is 0.269. The van der Waals surface area contributed by atoms with E-state index in [1.54, 1.807) is 36.4 Å². The molecule has 102 valence electrons. The topological polar surface area (TPSA) is 71.1 Å². The Balaban J connectivity index is 1.72. The summed E-state index contributed by atoms with van der Waals surface area (Å²) in [6.45, 7) is 0. The molecule has 0 radical (unpaired) electrons. The summed E-state index contributed by atoms with van der Waals surface area (Å²) in [5.74, 6) is -1.55. The van der Waals surface area contributed by atoms with Crippen LogP contribution in [0.15, 0.2) is 60.7 Å². The molecule has 0 fully saturated rings. The normalized spacial score (nSPS) is 9.80. The van der Waals surface area contributed by atoms with Crippen molar-refractivity contribution in [3.05, 3.63) is 71.8 Å². The predicted octanol–water partition coefficient (Wildman–Crippen LogP) is 2.48. The van der Waals surface area contributed by atoms with Crippen LogP contribution in [0.1, 0.15) is 20.7 Å². The highest BCUT2D eigenvalue weighted by molar-refractivity contribution is 5.89. The highest BCUT2D eigenvalue weighted by atomic mass is 17.7. The van der Waals surface area contributed by atoms with Gasteiger partial charge in [0.25, 0.3) is 0 Å². The number of carbonyl (C=O) groups excluding carboxylic acids is 2. The van der Waals surface area contributed by atoms with Crippen LogP contribution < -0.4 is 0 Å². The molecule has 20 heavy (non-hydrogen) atoms. The molecule has 0 bridgehead atoms. The average molecular weight is 274 g/mol. The van der Waals surface area contributed by atoms with E-state index in [2.05, 4.69) is 19.9 Å². The van der Waals surface area contributed by atoms with E-state index >= 15 is 0 Å². The lowest BCUT2D eigenvalue weighted by Crippen LogP contribution is -2.10. The van der Waals surface area contributed by atoms with Gasteiger partial charge in [0.2, 0.25) is 0 Å². The molecule has 0 N–H and O–H groups in total. The molecule has 0 saturated carbocycles. The van der Waals surface area contributed by atoms with E-state index in [-0.39, 0.29) is 11.1 Å². The van der Waals surface area contributed by atoms with Crippen molar-refractivity contribution in [1.82, 2.24) is 0 Å². The van der Waals surface area contributed by atoms with Gasteiger partial charge in [-0.1, -0.05) is 36.4 Å². The van der Waals surface area contributed by atoms with Gasteiger partial charge in [0.1, 0.15) is 0 Å². The largest absolute Gasteiger partial charge is 0.376 e. The first-order valence-electron chi connectivity index (χ1n) is 5.64. The summed E-state index contributed by atoms with van der Waals surface area (Å²) in [4.78, 5) is 31.3. The van der Waals surface area contributed by atoms with Crippen molar-refractivity contribution in [2.75, 3.05) is 0 Å². The zero-order valence-electron chi connectivity index (χ0n) is 10.2. The summed E-state index contributed by atoms with van der Waals surface area (Å²) in [7, 11) is 0. The van der Waals surface area contributed by atoms with E-state index in [0.29, 0.717) is 0 Å². The Hall–Kier alpha value is -2.70. The minimum Gasteiger partial charge on any atom is -0.260 e. The van der Waals surface area contributed by atoms with Crippen LogP contribution in [0.5, 0.6) is 0 Å². The van der Waals surface area contributed by atoms with Gasteiger partial charge in [-0.2, -0.15) is 0 Å². The highest BCUT2D eigenvalue weighted by Crippen LogP contribution is 2.04. The fourth-order valence-electron chi connectivity index (χ4n) is 1.33. The summed E-state index contributed by atoms with van der Waals surface area (Å²) < 4.78 is 0. The lowest BCUT2D eigenvalue weighted by molar-refractivity contribution is -0.595. The number of carbonyl (C=O) groups is 2. The van der Waals surface area contributed by atoms with Crippen molar-refractivity contribution in [3.8, 4) is 0 Å². The second kappa shape index (κ2) is 7.03. The molecule has 0 unspecified atom stereocenters. The predicted molar refractivity (Wildman–Crippen MR) is 65.9 cm³/mol. The van der Waals surface area contributed by atoms with Crippen LogP contribution in [0.2, 0.25) is 0 Å². The molecule has 2 aromatic rings. The van der Waals surface area contributed by atoms with Crippen LogP contribution in [-0.4, -0.2) is 11.9 Å². The van der Waals surface area contributed by atoms with Gasteiger partial charge in [0, 0.05) is 10.1 Å². The maximum atomic E-state index is 11.4. The van der Waals surface area contributed by atoms with Gasteiger partial charge in [-0.3, -0.25) is 9.78 Å². The first kappa shape index (κ1) is 13.7. The molecule has 2 aromatic carbocycles. The van der Waals surface area contributed by atoms with Crippen molar-refractivity contribution in [2.45, 2.75) is 0 Å². The first-order chi connectivity index (χ1) is 9.77. The second-order valence-corrected chi connectivity index (χ2v) is 3.61. The van der Waals surface area contributed by atoms with E-state index in [4.69, 9.17) is 0 Å². The Morgan fingerprint density at radius 1 is 0.600 bits per heavy atom. The minimum atomic E-state index is -0.777. The number of hydrogen-bond acceptors (Lipinski definition) is 6. The highest BCUT2D eigenvalue weighted by Gasteiger charge is 2.11. The number of hydrogen-bond donors (Lipinski definition) is 0. The Bertz CT molecular complexity index is 513. The van der Waals surface area contributed by atoms with Crippen LogP contribution in [0.25, 0.3) is 0 Å². The van der Waals surface area contributed by atoms with Crippen molar-refractivity contribution < 1.29 is 29.4 Å². The van der Waals surface area contributed by atoms with E-state index in [9.17, 15) is 9.59 Å². The van der Waals surface area contributed by atoms with E-state index < -0.39 is 11.9 Å². The van der Waals surface area contributed by atoms with Crippen molar-refractivity contribution in [2.24, 2.45) is 0 Å². The number of rotatable bonds is 5. The van der Waals surface area contributed by atoms with Crippen LogP contribution >= 0.6 is 0 Å². The summed E-state index contributed by atoms with van der Waals surface area (Å²) in [6, 6.07) is 16.2. The second-order valence-electron chi connectivity index (χ2n) is 3.61. The van der Waals surface area contributed by atoms with Crippen molar-refractivity contribution in [1.29, 1.82) is 0 Å². The molecular formula is C14H10O6. The van der Waals surface area contributed by atoms with Gasteiger partial charge in [-0.15, -0.1) is 0 Å². The first-order valence-corrected chi connectivity index (χ1v) is 5.64. The molecule has 0 spiro atoms. The lowest BCUT2D eigenvalue weighted by Gasteiger charge is -2.02. The van der Waals surface area contributed by atoms with Crippen LogP contribution in [0.3, 0.4) is 0 Å². The summed E-state index contributed by atoms with van der Waals surface area (Å²) in [5, 5.41) is 8.10. The van der Waals surface area contributed by atoms with Crippen LogP contribution in [0.4, 0.5) is 0 Å². The van der Waals surface area contributed by atoms with E-state index in [1.807, 2.05) is 0 Å². The van der Waals surface area contributed by atoms with Gasteiger partial charge < -0.3 is 0 Å². The molecule has 0 heterocycles. The molecule has 0 atom stereocenters. The molecule has 2 rings (SSSR count). The molecule has 6 nitrogen and oxygen atoms in total.